The SMILES string of the molecule is S=C(Nc1ccn(Cc2ccc(Cl)cc2)n1)Nc1nn(Cc2c(Cl)cccc2Cl)cc1Cl. The largest absolute Gasteiger partial charge is 0.316 e. The summed E-state index contributed by atoms with van der Waals surface area (Å²) in [6.07, 6.45) is 3.53. The molecule has 0 fully saturated rings. The van der Waals surface area contributed by atoms with Crippen molar-refractivity contribution in [2.75, 3.05) is 10.6 Å². The predicted octanol–water partition coefficient (Wildman–Crippen LogP) is 6.60. The molecule has 11 heteroatoms. The van der Waals surface area contributed by atoms with Crippen molar-refractivity contribution in [2.45, 2.75) is 13.1 Å². The highest BCUT2D eigenvalue weighted by Gasteiger charge is 2.12. The molecule has 0 amide bonds. The summed E-state index contributed by atoms with van der Waals surface area (Å²) in [6.45, 7) is 0.981. The minimum atomic E-state index is 0.310. The Morgan fingerprint density at radius 1 is 0.812 bits per heavy atom. The van der Waals surface area contributed by atoms with Crippen LogP contribution in [0.3, 0.4) is 0 Å². The highest BCUT2D eigenvalue weighted by Crippen LogP contribution is 2.27. The van der Waals surface area contributed by atoms with Gasteiger partial charge in [0, 0.05) is 39.1 Å². The molecule has 0 saturated carbocycles. The fourth-order valence-corrected chi connectivity index (χ4v) is 4.00. The second-order valence-corrected chi connectivity index (χ2v) is 8.89. The van der Waals surface area contributed by atoms with Gasteiger partial charge in [0.2, 0.25) is 0 Å². The van der Waals surface area contributed by atoms with Crippen molar-refractivity contribution in [3.05, 3.63) is 92.1 Å². The lowest BCUT2D eigenvalue weighted by atomic mass is 10.2. The molecule has 0 aliphatic rings. The fraction of sp³-hybridized carbons (Fsp3) is 0.0952. The summed E-state index contributed by atoms with van der Waals surface area (Å²) in [5, 5.41) is 17.4. The predicted molar refractivity (Wildman–Crippen MR) is 135 cm³/mol. The number of rotatable bonds is 6. The summed E-state index contributed by atoms with van der Waals surface area (Å²) in [5.74, 6) is 1.00. The Balaban J connectivity index is 1.37. The maximum absolute atomic E-state index is 6.31. The molecule has 2 N–H and O–H groups in total. The number of nitrogens with one attached hydrogen (secondary N) is 2. The Morgan fingerprint density at radius 2 is 1.53 bits per heavy atom. The summed E-state index contributed by atoms with van der Waals surface area (Å²) < 4.78 is 3.43. The van der Waals surface area contributed by atoms with Crippen LogP contribution in [-0.4, -0.2) is 24.7 Å². The third-order valence-corrected chi connectivity index (χ3v) is 5.91. The number of hydrogen-bond donors (Lipinski definition) is 2. The molecule has 0 aliphatic heterocycles. The number of benzene rings is 2. The van der Waals surface area contributed by atoms with E-state index in [1.54, 1.807) is 33.8 Å². The molecule has 0 unspecified atom stereocenters. The van der Waals surface area contributed by atoms with Gasteiger partial charge in [0.25, 0.3) is 0 Å². The van der Waals surface area contributed by atoms with Crippen LogP contribution in [0.5, 0.6) is 0 Å². The zero-order chi connectivity index (χ0) is 22.7. The second kappa shape index (κ2) is 10.1. The van der Waals surface area contributed by atoms with E-state index in [0.717, 1.165) is 11.1 Å². The minimum absolute atomic E-state index is 0.310. The van der Waals surface area contributed by atoms with Crippen LogP contribution in [0.25, 0.3) is 0 Å². The van der Waals surface area contributed by atoms with Gasteiger partial charge in [-0.15, -0.1) is 0 Å². The zero-order valence-corrected chi connectivity index (χ0v) is 20.2. The van der Waals surface area contributed by atoms with Crippen molar-refractivity contribution in [2.24, 2.45) is 0 Å². The van der Waals surface area contributed by atoms with Crippen LogP contribution in [0, 0.1) is 0 Å². The van der Waals surface area contributed by atoms with Crippen molar-refractivity contribution in [3.63, 3.8) is 0 Å². The molecule has 164 valence electrons. The number of aromatic nitrogens is 4. The molecule has 0 spiro atoms. The van der Waals surface area contributed by atoms with Crippen molar-refractivity contribution in [1.82, 2.24) is 19.6 Å². The van der Waals surface area contributed by atoms with E-state index >= 15 is 0 Å². The van der Waals surface area contributed by atoms with Crippen molar-refractivity contribution in [3.8, 4) is 0 Å². The quantitative estimate of drug-likeness (QED) is 0.278. The number of thiocarbonyl (C=S) groups is 1. The van der Waals surface area contributed by atoms with Gasteiger partial charge in [-0.2, -0.15) is 10.2 Å². The molecule has 0 aliphatic carbocycles. The first-order chi connectivity index (χ1) is 15.4. The first-order valence-electron chi connectivity index (χ1n) is 9.39. The minimum Gasteiger partial charge on any atom is -0.316 e. The van der Waals surface area contributed by atoms with E-state index in [2.05, 4.69) is 20.8 Å². The third-order valence-electron chi connectivity index (χ3n) is 4.47. The van der Waals surface area contributed by atoms with Gasteiger partial charge in [-0.1, -0.05) is 64.6 Å². The van der Waals surface area contributed by atoms with Crippen LogP contribution in [0.1, 0.15) is 11.1 Å². The van der Waals surface area contributed by atoms with E-state index in [-0.39, 0.29) is 0 Å². The highest BCUT2D eigenvalue weighted by atomic mass is 35.5. The Hall–Kier alpha value is -2.29. The van der Waals surface area contributed by atoms with E-state index in [4.69, 9.17) is 58.6 Å². The van der Waals surface area contributed by atoms with Crippen LogP contribution in [0.15, 0.2) is 60.9 Å². The summed E-state index contributed by atoms with van der Waals surface area (Å²) in [4.78, 5) is 0. The molecule has 0 atom stereocenters. The van der Waals surface area contributed by atoms with E-state index in [1.807, 2.05) is 36.5 Å². The Bertz CT molecular complexity index is 1230. The molecule has 4 rings (SSSR count). The van der Waals surface area contributed by atoms with E-state index in [1.165, 1.54) is 0 Å². The molecule has 2 heterocycles. The van der Waals surface area contributed by atoms with Crippen molar-refractivity contribution >= 4 is 75.4 Å². The number of nitrogens with zero attached hydrogens (tertiary/aromatic N) is 4. The maximum Gasteiger partial charge on any atom is 0.177 e. The molecule has 6 nitrogen and oxygen atoms in total. The number of hydrogen-bond acceptors (Lipinski definition) is 3. The molecule has 2 aromatic heterocycles. The molecule has 4 aromatic rings. The Labute approximate surface area is 210 Å². The van der Waals surface area contributed by atoms with E-state index in [9.17, 15) is 0 Å². The smallest absolute Gasteiger partial charge is 0.177 e. The number of anilines is 2. The van der Waals surface area contributed by atoms with Gasteiger partial charge in [0.1, 0.15) is 5.02 Å². The lowest BCUT2D eigenvalue weighted by molar-refractivity contribution is 0.689. The normalized spacial score (nSPS) is 10.9. The third kappa shape index (κ3) is 5.74. The van der Waals surface area contributed by atoms with Crippen LogP contribution in [0.2, 0.25) is 20.1 Å². The molecule has 0 radical (unpaired) electrons. The summed E-state index contributed by atoms with van der Waals surface area (Å²) in [7, 11) is 0. The molecule has 0 bridgehead atoms. The van der Waals surface area contributed by atoms with Gasteiger partial charge in [-0.25, -0.2) is 0 Å². The average molecular weight is 526 g/mol. The van der Waals surface area contributed by atoms with Crippen LogP contribution in [-0.2, 0) is 13.1 Å². The monoisotopic (exact) mass is 524 g/mol. The molecular weight excluding hydrogens is 510 g/mol. The highest BCUT2D eigenvalue weighted by molar-refractivity contribution is 7.80. The Kier molecular flexibility index (Phi) is 7.23. The first-order valence-corrected chi connectivity index (χ1v) is 11.3. The summed E-state index contributed by atoms with van der Waals surface area (Å²) >= 11 is 30.1. The van der Waals surface area contributed by atoms with Gasteiger partial charge < -0.3 is 10.6 Å². The molecule has 32 heavy (non-hydrogen) atoms. The average Bonchev–Trinajstić information content (AvgIpc) is 3.32. The summed E-state index contributed by atoms with van der Waals surface area (Å²) in [5.41, 5.74) is 1.84. The first kappa shape index (κ1) is 22.9. The van der Waals surface area contributed by atoms with Crippen LogP contribution >= 0.6 is 58.6 Å². The van der Waals surface area contributed by atoms with E-state index in [0.29, 0.717) is 49.9 Å². The van der Waals surface area contributed by atoms with E-state index < -0.39 is 0 Å². The van der Waals surface area contributed by atoms with Crippen LogP contribution in [0.4, 0.5) is 11.6 Å². The molecular formula is C21H16Cl4N6S. The second-order valence-electron chi connectivity index (χ2n) is 6.83. The van der Waals surface area contributed by atoms with Crippen molar-refractivity contribution < 1.29 is 0 Å². The maximum atomic E-state index is 6.31. The molecule has 0 saturated heterocycles. The number of halogens is 4. The van der Waals surface area contributed by atoms with Gasteiger partial charge in [-0.3, -0.25) is 9.36 Å². The molecule has 2 aromatic carbocycles. The lowest BCUT2D eigenvalue weighted by Gasteiger charge is -2.08. The zero-order valence-electron chi connectivity index (χ0n) is 16.4. The van der Waals surface area contributed by atoms with Gasteiger partial charge in [0.15, 0.2) is 16.7 Å². The van der Waals surface area contributed by atoms with Crippen molar-refractivity contribution in [1.29, 1.82) is 0 Å². The Morgan fingerprint density at radius 3 is 2.25 bits per heavy atom. The van der Waals surface area contributed by atoms with Gasteiger partial charge >= 0.3 is 0 Å². The lowest BCUT2D eigenvalue weighted by Crippen LogP contribution is -2.20. The van der Waals surface area contributed by atoms with Gasteiger partial charge in [0.05, 0.1) is 13.1 Å². The fourth-order valence-electron chi connectivity index (χ4n) is 2.96. The van der Waals surface area contributed by atoms with Crippen LogP contribution < -0.4 is 10.6 Å². The standard InChI is InChI=1S/C21H16Cl4N6S/c22-14-6-4-13(5-7-14)10-30-9-8-19(28-30)26-21(32)27-20-18(25)12-31(29-20)11-15-16(23)2-1-3-17(15)24/h1-9,12H,10-11H2,(H2,26,27,28,29,32). The summed E-state index contributed by atoms with van der Waals surface area (Å²) in [6, 6.07) is 14.8. The van der Waals surface area contributed by atoms with Gasteiger partial charge in [-0.05, 0) is 42.0 Å². The topological polar surface area (TPSA) is 59.7 Å².